The summed E-state index contributed by atoms with van der Waals surface area (Å²) in [4.78, 5) is 16.9. The summed E-state index contributed by atoms with van der Waals surface area (Å²) >= 11 is 6.10. The molecule has 4 rings (SSSR count). The van der Waals surface area contributed by atoms with Gasteiger partial charge in [0.25, 0.3) is 10.0 Å². The van der Waals surface area contributed by atoms with E-state index in [1.165, 1.54) is 19.2 Å². The maximum Gasteiger partial charge on any atom is 0.264 e. The number of benzene rings is 3. The number of methoxy groups -OCH3 is 1. The van der Waals surface area contributed by atoms with Crippen molar-refractivity contribution in [1.29, 1.82) is 0 Å². The fourth-order valence-electron chi connectivity index (χ4n) is 3.91. The molecule has 0 aliphatic carbocycles. The van der Waals surface area contributed by atoms with E-state index in [9.17, 15) is 17.6 Å². The van der Waals surface area contributed by atoms with E-state index >= 15 is 0 Å². The molecule has 0 bridgehead atoms. The Kier molecular flexibility index (Phi) is 7.47. The molecule has 10 heteroatoms. The van der Waals surface area contributed by atoms with Crippen molar-refractivity contribution < 1.29 is 22.3 Å². The molecule has 0 saturated carbocycles. The number of halogens is 2. The van der Waals surface area contributed by atoms with Crippen molar-refractivity contribution in [1.82, 2.24) is 4.90 Å². The second-order valence-corrected chi connectivity index (χ2v) is 10.3. The number of anilines is 2. The van der Waals surface area contributed by atoms with Gasteiger partial charge < -0.3 is 14.5 Å². The third kappa shape index (κ3) is 5.68. The minimum Gasteiger partial charge on any atom is -0.497 e. The summed E-state index contributed by atoms with van der Waals surface area (Å²) in [6, 6.07) is 18.4. The molecule has 0 radical (unpaired) electrons. The largest absolute Gasteiger partial charge is 0.497 e. The van der Waals surface area contributed by atoms with E-state index < -0.39 is 15.8 Å². The van der Waals surface area contributed by atoms with E-state index in [2.05, 4.69) is 4.90 Å². The van der Waals surface area contributed by atoms with Gasteiger partial charge in [0.05, 0.1) is 17.7 Å². The van der Waals surface area contributed by atoms with E-state index in [1.807, 2.05) is 18.2 Å². The molecule has 1 fully saturated rings. The number of piperazine rings is 1. The van der Waals surface area contributed by atoms with E-state index in [0.29, 0.717) is 42.6 Å². The maximum absolute atomic E-state index is 13.5. The van der Waals surface area contributed by atoms with Crippen molar-refractivity contribution >= 4 is 38.9 Å². The molecule has 3 aromatic rings. The first kappa shape index (κ1) is 24.8. The van der Waals surface area contributed by atoms with Crippen molar-refractivity contribution in [2.75, 3.05) is 49.0 Å². The van der Waals surface area contributed by atoms with Crippen LogP contribution >= 0.6 is 11.6 Å². The van der Waals surface area contributed by atoms with Crippen LogP contribution in [0.1, 0.15) is 0 Å². The predicted octanol–water partition coefficient (Wildman–Crippen LogP) is 4.03. The van der Waals surface area contributed by atoms with Gasteiger partial charge in [-0.2, -0.15) is 0 Å². The molecule has 0 unspecified atom stereocenters. The first-order valence-electron chi connectivity index (χ1n) is 11.0. The molecular weight excluding hydrogens is 493 g/mol. The number of hydrogen-bond acceptors (Lipinski definition) is 5. The minimum atomic E-state index is -4.13. The summed E-state index contributed by atoms with van der Waals surface area (Å²) in [6.07, 6.45) is 0. The lowest BCUT2D eigenvalue weighted by Gasteiger charge is -2.37. The second kappa shape index (κ2) is 10.5. The Bertz CT molecular complexity index is 1280. The predicted molar refractivity (Wildman–Crippen MR) is 134 cm³/mol. The van der Waals surface area contributed by atoms with E-state index in [4.69, 9.17) is 16.3 Å². The average molecular weight is 518 g/mol. The molecule has 0 aromatic heterocycles. The number of carbonyl (C=O) groups is 1. The monoisotopic (exact) mass is 517 g/mol. The molecule has 184 valence electrons. The maximum atomic E-state index is 13.5. The Morgan fingerprint density at radius 3 is 2.26 bits per heavy atom. The Morgan fingerprint density at radius 2 is 1.66 bits per heavy atom. The number of sulfonamides is 1. The van der Waals surface area contributed by atoms with Crippen LogP contribution in [0.4, 0.5) is 15.8 Å². The van der Waals surface area contributed by atoms with Gasteiger partial charge in [0, 0.05) is 36.9 Å². The second-order valence-electron chi connectivity index (χ2n) is 8.01. The topological polar surface area (TPSA) is 70.2 Å². The molecule has 1 heterocycles. The van der Waals surface area contributed by atoms with Crippen LogP contribution in [0.3, 0.4) is 0 Å². The molecule has 0 atom stereocenters. The standard InChI is InChI=1S/C25H25ClFN3O4S/c1-34-23-9-7-21(8-10-23)30(35(32,33)24-11-5-20(27)6-12-24)18-25(31)29-15-13-28(14-16-29)22-4-2-3-19(26)17-22/h2-12,17H,13-16,18H2,1H3. The van der Waals surface area contributed by atoms with Gasteiger partial charge >= 0.3 is 0 Å². The van der Waals surface area contributed by atoms with Gasteiger partial charge in [0.15, 0.2) is 0 Å². The lowest BCUT2D eigenvalue weighted by atomic mass is 10.2. The molecule has 1 aliphatic rings. The highest BCUT2D eigenvalue weighted by Crippen LogP contribution is 2.27. The normalized spacial score (nSPS) is 14.0. The summed E-state index contributed by atoms with van der Waals surface area (Å²) < 4.78 is 46.6. The van der Waals surface area contributed by atoms with E-state index in [-0.39, 0.29) is 17.3 Å². The van der Waals surface area contributed by atoms with Crippen LogP contribution < -0.4 is 13.9 Å². The lowest BCUT2D eigenvalue weighted by Crippen LogP contribution is -2.52. The van der Waals surface area contributed by atoms with Crippen LogP contribution in [0.25, 0.3) is 0 Å². The zero-order valence-corrected chi connectivity index (χ0v) is 20.7. The number of carbonyl (C=O) groups excluding carboxylic acids is 1. The van der Waals surface area contributed by atoms with Crippen LogP contribution in [-0.4, -0.2) is 59.1 Å². The lowest BCUT2D eigenvalue weighted by molar-refractivity contribution is -0.129. The third-order valence-electron chi connectivity index (χ3n) is 5.85. The van der Waals surface area contributed by atoms with Crippen LogP contribution in [0.2, 0.25) is 5.02 Å². The average Bonchev–Trinajstić information content (AvgIpc) is 2.87. The van der Waals surface area contributed by atoms with Gasteiger partial charge in [0.2, 0.25) is 5.91 Å². The van der Waals surface area contributed by atoms with E-state index in [0.717, 1.165) is 22.1 Å². The molecule has 1 aliphatic heterocycles. The molecule has 1 saturated heterocycles. The summed E-state index contributed by atoms with van der Waals surface area (Å²) in [5.41, 5.74) is 1.28. The van der Waals surface area contributed by atoms with Crippen molar-refractivity contribution in [3.63, 3.8) is 0 Å². The highest BCUT2D eigenvalue weighted by molar-refractivity contribution is 7.92. The Labute approximate surface area is 209 Å². The van der Waals surface area contributed by atoms with Crippen LogP contribution in [-0.2, 0) is 14.8 Å². The van der Waals surface area contributed by atoms with Crippen LogP contribution in [0, 0.1) is 5.82 Å². The van der Waals surface area contributed by atoms with Gasteiger partial charge in [0.1, 0.15) is 18.1 Å². The van der Waals surface area contributed by atoms with Gasteiger partial charge in [-0.25, -0.2) is 12.8 Å². The van der Waals surface area contributed by atoms with Crippen molar-refractivity contribution in [2.45, 2.75) is 4.90 Å². The van der Waals surface area contributed by atoms with E-state index in [1.54, 1.807) is 35.2 Å². The van der Waals surface area contributed by atoms with Gasteiger partial charge in [-0.15, -0.1) is 0 Å². The summed E-state index contributed by atoms with van der Waals surface area (Å²) in [5, 5.41) is 0.641. The van der Waals surface area contributed by atoms with Gasteiger partial charge in [-0.3, -0.25) is 9.10 Å². The number of hydrogen-bond donors (Lipinski definition) is 0. The Hall–Kier alpha value is -3.30. The Morgan fingerprint density at radius 1 is 1.00 bits per heavy atom. The molecule has 7 nitrogen and oxygen atoms in total. The highest BCUT2D eigenvalue weighted by atomic mass is 35.5. The smallest absolute Gasteiger partial charge is 0.264 e. The molecule has 35 heavy (non-hydrogen) atoms. The number of ether oxygens (including phenoxy) is 1. The fraction of sp³-hybridized carbons (Fsp3) is 0.240. The minimum absolute atomic E-state index is 0.103. The zero-order valence-electron chi connectivity index (χ0n) is 19.1. The quantitative estimate of drug-likeness (QED) is 0.473. The Balaban J connectivity index is 1.54. The zero-order chi connectivity index (χ0) is 25.0. The first-order chi connectivity index (χ1) is 16.8. The molecule has 0 N–H and O–H groups in total. The van der Waals surface area contributed by atoms with Crippen molar-refractivity contribution in [3.05, 3.63) is 83.6 Å². The third-order valence-corrected chi connectivity index (χ3v) is 7.87. The van der Waals surface area contributed by atoms with Crippen LogP contribution in [0.5, 0.6) is 5.75 Å². The fourth-order valence-corrected chi connectivity index (χ4v) is 5.51. The summed E-state index contributed by atoms with van der Waals surface area (Å²) in [5.74, 6) is -0.317. The molecular formula is C25H25ClFN3O4S. The van der Waals surface area contributed by atoms with Crippen molar-refractivity contribution in [2.24, 2.45) is 0 Å². The number of amides is 1. The highest BCUT2D eigenvalue weighted by Gasteiger charge is 2.30. The molecule has 3 aromatic carbocycles. The van der Waals surface area contributed by atoms with Gasteiger partial charge in [-0.1, -0.05) is 17.7 Å². The molecule has 1 amide bonds. The first-order valence-corrected chi connectivity index (χ1v) is 12.8. The van der Waals surface area contributed by atoms with Gasteiger partial charge in [-0.05, 0) is 66.7 Å². The number of nitrogens with zero attached hydrogens (tertiary/aromatic N) is 3. The SMILES string of the molecule is COc1ccc(N(CC(=O)N2CCN(c3cccc(Cl)c3)CC2)S(=O)(=O)c2ccc(F)cc2)cc1. The van der Waals surface area contributed by atoms with Crippen molar-refractivity contribution in [3.8, 4) is 5.75 Å². The number of rotatable bonds is 7. The summed E-state index contributed by atoms with van der Waals surface area (Å²) in [7, 11) is -2.62. The van der Waals surface area contributed by atoms with Crippen LogP contribution in [0.15, 0.2) is 77.7 Å². The summed E-state index contributed by atoms with van der Waals surface area (Å²) in [6.45, 7) is 1.69. The molecule has 0 spiro atoms.